The van der Waals surface area contributed by atoms with Crippen molar-refractivity contribution < 1.29 is 4.39 Å². The molecule has 0 saturated heterocycles. The van der Waals surface area contributed by atoms with E-state index in [1.165, 1.54) is 19.3 Å². The van der Waals surface area contributed by atoms with Crippen LogP contribution in [0, 0.1) is 11.7 Å². The number of aromatic nitrogens is 2. The van der Waals surface area contributed by atoms with Crippen LogP contribution in [-0.2, 0) is 0 Å². The maximum atomic E-state index is 13.1. The van der Waals surface area contributed by atoms with Crippen LogP contribution >= 0.6 is 11.6 Å². The number of nitrogens with zero attached hydrogens (tertiary/aromatic N) is 2. The minimum Gasteiger partial charge on any atom is -0.367 e. The normalized spacial score (nSPS) is 16.4. The van der Waals surface area contributed by atoms with Crippen molar-refractivity contribution in [3.8, 4) is 0 Å². The summed E-state index contributed by atoms with van der Waals surface area (Å²) in [5.74, 6) is 0.411. The Labute approximate surface area is 86.7 Å². The van der Waals surface area contributed by atoms with Gasteiger partial charge in [-0.05, 0) is 30.4 Å². The van der Waals surface area contributed by atoms with Gasteiger partial charge in [-0.25, -0.2) is 9.37 Å². The van der Waals surface area contributed by atoms with Gasteiger partial charge in [0.25, 0.3) is 0 Å². The molecule has 14 heavy (non-hydrogen) atoms. The zero-order valence-corrected chi connectivity index (χ0v) is 8.39. The lowest BCUT2D eigenvalue weighted by molar-refractivity contribution is 0.333. The van der Waals surface area contributed by atoms with Crippen LogP contribution in [0.5, 0.6) is 0 Å². The van der Waals surface area contributed by atoms with Crippen molar-refractivity contribution in [2.45, 2.75) is 19.3 Å². The summed E-state index contributed by atoms with van der Waals surface area (Å²) in [5.41, 5.74) is 0. The smallest absolute Gasteiger partial charge is 0.224 e. The summed E-state index contributed by atoms with van der Waals surface area (Å²) in [5, 5.41) is 3.02. The summed E-state index contributed by atoms with van der Waals surface area (Å²) >= 11 is 5.55. The summed E-state index contributed by atoms with van der Waals surface area (Å²) in [6, 6.07) is 0. The van der Waals surface area contributed by atoms with Crippen LogP contribution in [0.2, 0.25) is 5.28 Å². The molecule has 1 aliphatic rings. The highest BCUT2D eigenvalue weighted by Gasteiger charge is 2.17. The van der Waals surface area contributed by atoms with Gasteiger partial charge in [0, 0.05) is 6.54 Å². The Morgan fingerprint density at radius 1 is 1.57 bits per heavy atom. The highest BCUT2D eigenvalue weighted by Crippen LogP contribution is 2.26. The molecule has 0 aliphatic heterocycles. The minimum absolute atomic E-state index is 0.0718. The van der Waals surface area contributed by atoms with Crippen molar-refractivity contribution >= 4 is 17.4 Å². The molecule has 0 radical (unpaired) electrons. The van der Waals surface area contributed by atoms with Gasteiger partial charge in [-0.3, -0.25) is 0 Å². The van der Waals surface area contributed by atoms with Gasteiger partial charge in [0.2, 0.25) is 5.28 Å². The fourth-order valence-electron chi connectivity index (χ4n) is 1.41. The molecule has 0 aromatic carbocycles. The third kappa shape index (κ3) is 2.12. The van der Waals surface area contributed by atoms with E-state index in [1.54, 1.807) is 0 Å². The molecule has 76 valence electrons. The topological polar surface area (TPSA) is 37.8 Å². The van der Waals surface area contributed by atoms with Crippen molar-refractivity contribution in [2.24, 2.45) is 5.92 Å². The predicted molar refractivity (Wildman–Crippen MR) is 52.8 cm³/mol. The van der Waals surface area contributed by atoms with Gasteiger partial charge in [0.15, 0.2) is 11.6 Å². The third-order valence-electron chi connectivity index (χ3n) is 2.50. The average molecular weight is 216 g/mol. The molecule has 1 aromatic heterocycles. The zero-order chi connectivity index (χ0) is 9.97. The third-order valence-corrected chi connectivity index (χ3v) is 2.68. The molecule has 3 nitrogen and oxygen atoms in total. The molecular formula is C9H11ClFN3. The van der Waals surface area contributed by atoms with Crippen LogP contribution in [0.25, 0.3) is 0 Å². The number of rotatable bonds is 3. The summed E-state index contributed by atoms with van der Waals surface area (Å²) in [6.45, 7) is 0.768. The zero-order valence-electron chi connectivity index (χ0n) is 7.63. The number of hydrogen-bond acceptors (Lipinski definition) is 3. The SMILES string of the molecule is Fc1cnc(Cl)nc1NCC1CCC1. The summed E-state index contributed by atoms with van der Waals surface area (Å²) in [7, 11) is 0. The first-order valence-corrected chi connectivity index (χ1v) is 5.05. The van der Waals surface area contributed by atoms with Gasteiger partial charge >= 0.3 is 0 Å². The molecule has 1 fully saturated rings. The summed E-state index contributed by atoms with van der Waals surface area (Å²) in [4.78, 5) is 7.31. The fraction of sp³-hybridized carbons (Fsp3) is 0.556. The first kappa shape index (κ1) is 9.65. The van der Waals surface area contributed by atoms with Crippen LogP contribution in [0.4, 0.5) is 10.2 Å². The molecule has 5 heteroatoms. The monoisotopic (exact) mass is 215 g/mol. The van der Waals surface area contributed by atoms with E-state index in [9.17, 15) is 4.39 Å². The number of hydrogen-bond donors (Lipinski definition) is 1. The summed E-state index contributed by atoms with van der Waals surface area (Å²) < 4.78 is 13.1. The van der Waals surface area contributed by atoms with E-state index in [2.05, 4.69) is 15.3 Å². The largest absolute Gasteiger partial charge is 0.367 e. The van der Waals surface area contributed by atoms with Gasteiger partial charge in [0.05, 0.1) is 6.20 Å². The maximum Gasteiger partial charge on any atom is 0.224 e. The van der Waals surface area contributed by atoms with E-state index >= 15 is 0 Å². The first-order valence-electron chi connectivity index (χ1n) is 4.67. The molecule has 0 bridgehead atoms. The molecule has 1 heterocycles. The van der Waals surface area contributed by atoms with E-state index < -0.39 is 5.82 Å². The van der Waals surface area contributed by atoms with Gasteiger partial charge in [-0.15, -0.1) is 0 Å². The van der Waals surface area contributed by atoms with E-state index in [0.29, 0.717) is 5.92 Å². The molecule has 0 atom stereocenters. The van der Waals surface area contributed by atoms with Gasteiger partial charge in [-0.1, -0.05) is 6.42 Å². The molecule has 1 aliphatic carbocycles. The summed E-state index contributed by atoms with van der Waals surface area (Å²) in [6.07, 6.45) is 4.79. The Bertz CT molecular complexity index is 328. The molecule has 1 N–H and O–H groups in total. The number of halogens is 2. The second kappa shape index (κ2) is 4.09. The van der Waals surface area contributed by atoms with Crippen LogP contribution in [0.15, 0.2) is 6.20 Å². The molecule has 1 saturated carbocycles. The standard InChI is InChI=1S/C9H11ClFN3/c10-9-13-5-7(11)8(14-9)12-4-6-2-1-3-6/h5-6H,1-4H2,(H,12,13,14). The molecule has 0 amide bonds. The van der Waals surface area contributed by atoms with E-state index in [-0.39, 0.29) is 11.1 Å². The Morgan fingerprint density at radius 2 is 2.36 bits per heavy atom. The van der Waals surface area contributed by atoms with Crippen LogP contribution in [0.1, 0.15) is 19.3 Å². The van der Waals surface area contributed by atoms with E-state index in [4.69, 9.17) is 11.6 Å². The molecule has 0 spiro atoms. The Balaban J connectivity index is 1.96. The van der Waals surface area contributed by atoms with Gasteiger partial charge < -0.3 is 5.32 Å². The van der Waals surface area contributed by atoms with Crippen molar-refractivity contribution in [1.82, 2.24) is 9.97 Å². The second-order valence-electron chi connectivity index (χ2n) is 3.51. The highest BCUT2D eigenvalue weighted by atomic mass is 35.5. The van der Waals surface area contributed by atoms with Crippen LogP contribution < -0.4 is 5.32 Å². The highest BCUT2D eigenvalue weighted by molar-refractivity contribution is 6.28. The van der Waals surface area contributed by atoms with Crippen LogP contribution in [0.3, 0.4) is 0 Å². The number of nitrogens with one attached hydrogen (secondary N) is 1. The van der Waals surface area contributed by atoms with E-state index in [1.807, 2.05) is 0 Å². The molecule has 0 unspecified atom stereocenters. The first-order chi connectivity index (χ1) is 6.75. The van der Waals surface area contributed by atoms with Gasteiger partial charge in [-0.2, -0.15) is 4.98 Å². The van der Waals surface area contributed by atoms with E-state index in [0.717, 1.165) is 12.7 Å². The fourth-order valence-corrected chi connectivity index (χ4v) is 1.54. The second-order valence-corrected chi connectivity index (χ2v) is 3.85. The van der Waals surface area contributed by atoms with Crippen molar-refractivity contribution in [1.29, 1.82) is 0 Å². The van der Waals surface area contributed by atoms with Crippen molar-refractivity contribution in [2.75, 3.05) is 11.9 Å². The minimum atomic E-state index is -0.450. The quantitative estimate of drug-likeness (QED) is 0.788. The Kier molecular flexibility index (Phi) is 2.82. The lowest BCUT2D eigenvalue weighted by Gasteiger charge is -2.25. The van der Waals surface area contributed by atoms with Crippen molar-refractivity contribution in [3.05, 3.63) is 17.3 Å². The Morgan fingerprint density at radius 3 is 3.00 bits per heavy atom. The Hall–Kier alpha value is -0.900. The van der Waals surface area contributed by atoms with Gasteiger partial charge in [0.1, 0.15) is 0 Å². The predicted octanol–water partition coefficient (Wildman–Crippen LogP) is 2.48. The lowest BCUT2D eigenvalue weighted by atomic mass is 9.85. The molecule has 2 rings (SSSR count). The number of anilines is 1. The molecule has 1 aromatic rings. The van der Waals surface area contributed by atoms with Crippen LogP contribution in [-0.4, -0.2) is 16.5 Å². The lowest BCUT2D eigenvalue weighted by Crippen LogP contribution is -2.21. The maximum absolute atomic E-state index is 13.1. The molecular weight excluding hydrogens is 205 g/mol. The average Bonchev–Trinajstić information content (AvgIpc) is 2.08. The van der Waals surface area contributed by atoms with Crippen molar-refractivity contribution in [3.63, 3.8) is 0 Å².